The molecule has 4 N–H and O–H groups in total. The maximum atomic E-state index is 12.0. The van der Waals surface area contributed by atoms with Crippen LogP contribution in [0.2, 0.25) is 0 Å². The topological polar surface area (TPSA) is 93.0 Å². The number of hydrogen-bond donors (Lipinski definition) is 3. The zero-order valence-corrected chi connectivity index (χ0v) is 11.2. The summed E-state index contributed by atoms with van der Waals surface area (Å²) >= 11 is 0. The Balaban J connectivity index is 1.78. The lowest BCUT2D eigenvalue weighted by Gasteiger charge is -2.22. The molecule has 0 saturated carbocycles. The van der Waals surface area contributed by atoms with Gasteiger partial charge in [0.15, 0.2) is 0 Å². The van der Waals surface area contributed by atoms with E-state index in [-0.39, 0.29) is 5.56 Å². The predicted octanol–water partition coefficient (Wildman–Crippen LogP) is 1.34. The van der Waals surface area contributed by atoms with Crippen LogP contribution in [0.3, 0.4) is 0 Å². The number of anilines is 2. The number of nitrogen functional groups attached to an aromatic ring is 1. The Morgan fingerprint density at radius 2 is 2.40 bits per heavy atom. The van der Waals surface area contributed by atoms with Crippen molar-refractivity contribution >= 4 is 22.5 Å². The van der Waals surface area contributed by atoms with Crippen molar-refractivity contribution in [3.8, 4) is 0 Å². The molecular weight excluding hydrogens is 256 g/mol. The van der Waals surface area contributed by atoms with Gasteiger partial charge in [0, 0.05) is 18.8 Å². The van der Waals surface area contributed by atoms with Crippen LogP contribution in [0.1, 0.15) is 12.8 Å². The summed E-state index contributed by atoms with van der Waals surface area (Å²) in [6.07, 6.45) is 2.23. The first-order valence-corrected chi connectivity index (χ1v) is 6.83. The van der Waals surface area contributed by atoms with Gasteiger partial charge in [0.1, 0.15) is 0 Å². The summed E-state index contributed by atoms with van der Waals surface area (Å²) in [4.78, 5) is 19.1. The summed E-state index contributed by atoms with van der Waals surface area (Å²) in [5.74, 6) is 0.967. The Hall–Kier alpha value is -2.08. The summed E-state index contributed by atoms with van der Waals surface area (Å²) in [7, 11) is 0. The molecular formula is C14H18N4O2. The van der Waals surface area contributed by atoms with Crippen LogP contribution in [0.25, 0.3) is 10.9 Å². The molecule has 106 valence electrons. The van der Waals surface area contributed by atoms with Gasteiger partial charge < -0.3 is 15.8 Å². The lowest BCUT2D eigenvalue weighted by Crippen LogP contribution is -2.25. The van der Waals surface area contributed by atoms with Gasteiger partial charge in [-0.3, -0.25) is 9.78 Å². The van der Waals surface area contributed by atoms with E-state index in [2.05, 4.69) is 15.3 Å². The minimum absolute atomic E-state index is 0.176. The minimum atomic E-state index is -0.176. The maximum absolute atomic E-state index is 12.0. The first kappa shape index (κ1) is 12.9. The molecule has 1 aliphatic rings. The van der Waals surface area contributed by atoms with Gasteiger partial charge in [-0.25, -0.2) is 4.98 Å². The Morgan fingerprint density at radius 3 is 3.20 bits per heavy atom. The summed E-state index contributed by atoms with van der Waals surface area (Å²) in [5.41, 5.74) is 6.70. The number of fused-ring (bicyclic) bond motifs is 1. The Labute approximate surface area is 116 Å². The third-order valence-electron chi connectivity index (χ3n) is 3.54. The fourth-order valence-corrected chi connectivity index (χ4v) is 2.45. The average molecular weight is 274 g/mol. The molecule has 6 nitrogen and oxygen atoms in total. The number of aromatic nitrogens is 2. The number of nitrogens with two attached hydrogens (primary N) is 1. The number of nitrogens with one attached hydrogen (secondary N) is 2. The number of aromatic amines is 1. The lowest BCUT2D eigenvalue weighted by atomic mass is 10.0. The molecule has 0 aliphatic carbocycles. The predicted molar refractivity (Wildman–Crippen MR) is 78.8 cm³/mol. The lowest BCUT2D eigenvalue weighted by molar-refractivity contribution is 0.0594. The van der Waals surface area contributed by atoms with Gasteiger partial charge in [0.25, 0.3) is 5.56 Å². The summed E-state index contributed by atoms with van der Waals surface area (Å²) in [6.45, 7) is 2.37. The first-order chi connectivity index (χ1) is 9.72. The summed E-state index contributed by atoms with van der Waals surface area (Å²) in [5, 5.41) is 3.69. The van der Waals surface area contributed by atoms with E-state index in [9.17, 15) is 4.79 Å². The van der Waals surface area contributed by atoms with Gasteiger partial charge in [-0.1, -0.05) is 0 Å². The van der Waals surface area contributed by atoms with E-state index in [0.29, 0.717) is 28.5 Å². The fourth-order valence-electron chi connectivity index (χ4n) is 2.45. The van der Waals surface area contributed by atoms with Crippen LogP contribution in [0.4, 0.5) is 11.6 Å². The van der Waals surface area contributed by atoms with Gasteiger partial charge in [-0.15, -0.1) is 0 Å². The molecule has 20 heavy (non-hydrogen) atoms. The Kier molecular flexibility index (Phi) is 3.56. The molecule has 3 rings (SSSR count). The molecule has 0 amide bonds. The molecule has 1 aromatic heterocycles. The zero-order valence-electron chi connectivity index (χ0n) is 11.2. The molecule has 1 aliphatic heterocycles. The number of H-pyrrole nitrogens is 1. The Bertz CT molecular complexity index is 662. The van der Waals surface area contributed by atoms with Gasteiger partial charge in [0.2, 0.25) is 5.95 Å². The second kappa shape index (κ2) is 5.50. The SMILES string of the molecule is Nc1ccc2nc(NCC3CCCOC3)[nH]c(=O)c2c1. The van der Waals surface area contributed by atoms with Crippen molar-refractivity contribution in [3.05, 3.63) is 28.6 Å². The van der Waals surface area contributed by atoms with Crippen molar-refractivity contribution in [2.75, 3.05) is 30.8 Å². The van der Waals surface area contributed by atoms with E-state index in [1.54, 1.807) is 18.2 Å². The highest BCUT2D eigenvalue weighted by molar-refractivity contribution is 5.81. The van der Waals surface area contributed by atoms with Crippen LogP contribution in [-0.4, -0.2) is 29.7 Å². The largest absolute Gasteiger partial charge is 0.399 e. The highest BCUT2D eigenvalue weighted by Crippen LogP contribution is 2.15. The van der Waals surface area contributed by atoms with Crippen molar-refractivity contribution in [1.29, 1.82) is 0 Å². The molecule has 0 spiro atoms. The highest BCUT2D eigenvalue weighted by atomic mass is 16.5. The van der Waals surface area contributed by atoms with Crippen LogP contribution in [0.15, 0.2) is 23.0 Å². The molecule has 0 radical (unpaired) electrons. The summed E-state index contributed by atoms with van der Waals surface area (Å²) in [6, 6.07) is 5.14. The van der Waals surface area contributed by atoms with E-state index < -0.39 is 0 Å². The third kappa shape index (κ3) is 2.75. The van der Waals surface area contributed by atoms with Crippen molar-refractivity contribution in [2.24, 2.45) is 5.92 Å². The van der Waals surface area contributed by atoms with E-state index in [0.717, 1.165) is 32.6 Å². The van der Waals surface area contributed by atoms with E-state index >= 15 is 0 Å². The number of nitrogens with zero attached hydrogens (tertiary/aromatic N) is 1. The molecule has 6 heteroatoms. The van der Waals surface area contributed by atoms with Crippen LogP contribution < -0.4 is 16.6 Å². The molecule has 1 aromatic carbocycles. The van der Waals surface area contributed by atoms with Gasteiger partial charge in [-0.2, -0.15) is 0 Å². The van der Waals surface area contributed by atoms with Crippen LogP contribution in [0.5, 0.6) is 0 Å². The standard InChI is InChI=1S/C14H18N4O2/c15-10-3-4-12-11(6-10)13(19)18-14(17-12)16-7-9-2-1-5-20-8-9/h3-4,6,9H,1-2,5,7-8,15H2,(H2,16,17,18,19). The molecule has 1 saturated heterocycles. The maximum Gasteiger partial charge on any atom is 0.260 e. The number of rotatable bonds is 3. The van der Waals surface area contributed by atoms with Crippen molar-refractivity contribution in [1.82, 2.24) is 9.97 Å². The van der Waals surface area contributed by atoms with E-state index in [1.807, 2.05) is 0 Å². The van der Waals surface area contributed by atoms with Crippen molar-refractivity contribution in [3.63, 3.8) is 0 Å². The van der Waals surface area contributed by atoms with Gasteiger partial charge in [-0.05, 0) is 37.0 Å². The molecule has 2 aromatic rings. The smallest absolute Gasteiger partial charge is 0.260 e. The molecule has 1 atom stereocenters. The number of benzene rings is 1. The van der Waals surface area contributed by atoms with Crippen molar-refractivity contribution in [2.45, 2.75) is 12.8 Å². The number of hydrogen-bond acceptors (Lipinski definition) is 5. The molecule has 1 unspecified atom stereocenters. The third-order valence-corrected chi connectivity index (χ3v) is 3.54. The van der Waals surface area contributed by atoms with Crippen LogP contribution in [0, 0.1) is 5.92 Å². The highest BCUT2D eigenvalue weighted by Gasteiger charge is 2.14. The summed E-state index contributed by atoms with van der Waals surface area (Å²) < 4.78 is 5.43. The zero-order chi connectivity index (χ0) is 13.9. The first-order valence-electron chi connectivity index (χ1n) is 6.83. The second-order valence-electron chi connectivity index (χ2n) is 5.16. The Morgan fingerprint density at radius 1 is 1.50 bits per heavy atom. The van der Waals surface area contributed by atoms with Gasteiger partial charge >= 0.3 is 0 Å². The van der Waals surface area contributed by atoms with E-state index in [4.69, 9.17) is 10.5 Å². The van der Waals surface area contributed by atoms with Crippen LogP contribution in [-0.2, 0) is 4.74 Å². The number of ether oxygens (including phenoxy) is 1. The normalized spacial score (nSPS) is 19.1. The molecule has 0 bridgehead atoms. The van der Waals surface area contributed by atoms with Crippen LogP contribution >= 0.6 is 0 Å². The van der Waals surface area contributed by atoms with Gasteiger partial charge in [0.05, 0.1) is 17.5 Å². The quantitative estimate of drug-likeness (QED) is 0.734. The second-order valence-corrected chi connectivity index (χ2v) is 5.16. The van der Waals surface area contributed by atoms with E-state index in [1.165, 1.54) is 0 Å². The molecule has 1 fully saturated rings. The molecule has 2 heterocycles. The van der Waals surface area contributed by atoms with Crippen molar-refractivity contribution < 1.29 is 4.74 Å². The monoisotopic (exact) mass is 274 g/mol. The average Bonchev–Trinajstić information content (AvgIpc) is 2.47. The minimum Gasteiger partial charge on any atom is -0.399 e. The fraction of sp³-hybridized carbons (Fsp3) is 0.429.